The van der Waals surface area contributed by atoms with Crippen LogP contribution in [0.3, 0.4) is 0 Å². The molecule has 18 heavy (non-hydrogen) atoms. The van der Waals surface area contributed by atoms with Crippen molar-refractivity contribution in [2.75, 3.05) is 19.6 Å². The average Bonchev–Trinajstić information content (AvgIpc) is 2.39. The smallest absolute Gasteiger partial charge is 0.0138 e. The highest BCUT2D eigenvalue weighted by Crippen LogP contribution is 2.38. The number of hydrogen-bond donors (Lipinski definition) is 1. The van der Waals surface area contributed by atoms with Crippen LogP contribution in [0.15, 0.2) is 0 Å². The lowest BCUT2D eigenvalue weighted by Crippen LogP contribution is -2.50. The van der Waals surface area contributed by atoms with E-state index in [1.165, 1.54) is 51.6 Å². The van der Waals surface area contributed by atoms with Crippen LogP contribution in [0.5, 0.6) is 0 Å². The maximum atomic E-state index is 6.00. The van der Waals surface area contributed by atoms with Crippen molar-refractivity contribution in [3.63, 3.8) is 0 Å². The van der Waals surface area contributed by atoms with Crippen molar-refractivity contribution in [1.82, 2.24) is 4.90 Å². The minimum Gasteiger partial charge on any atom is -0.330 e. The van der Waals surface area contributed by atoms with Gasteiger partial charge in [0, 0.05) is 6.04 Å². The lowest BCUT2D eigenvalue weighted by Gasteiger charge is -2.47. The van der Waals surface area contributed by atoms with Crippen LogP contribution in [0.1, 0.15) is 59.3 Å². The molecule has 0 aromatic heterocycles. The van der Waals surface area contributed by atoms with Crippen LogP contribution in [0, 0.1) is 17.3 Å². The first-order chi connectivity index (χ1) is 8.58. The molecule has 2 aliphatic rings. The molecule has 0 bridgehead atoms. The fourth-order valence-electron chi connectivity index (χ4n) is 3.88. The van der Waals surface area contributed by atoms with Gasteiger partial charge in [-0.15, -0.1) is 0 Å². The van der Waals surface area contributed by atoms with Crippen molar-refractivity contribution in [2.45, 2.75) is 65.3 Å². The van der Waals surface area contributed by atoms with Crippen molar-refractivity contribution in [3.05, 3.63) is 0 Å². The molecule has 0 spiro atoms. The predicted molar refractivity (Wildman–Crippen MR) is 78.6 cm³/mol. The van der Waals surface area contributed by atoms with Gasteiger partial charge in [0.1, 0.15) is 0 Å². The first-order valence-electron chi connectivity index (χ1n) is 8.02. The SMILES string of the molecule is CCC1(C)CCN(C2CC(C)CCC2CN)CC1. The number of likely N-dealkylation sites (tertiary alicyclic amines) is 1. The summed E-state index contributed by atoms with van der Waals surface area (Å²) in [5.74, 6) is 1.66. The van der Waals surface area contributed by atoms with E-state index in [1.54, 1.807) is 0 Å². The third-order valence-electron chi connectivity index (χ3n) is 5.85. The Kier molecular flexibility index (Phi) is 4.71. The Labute approximate surface area is 113 Å². The first-order valence-corrected chi connectivity index (χ1v) is 8.02. The summed E-state index contributed by atoms with van der Waals surface area (Å²) in [6.45, 7) is 10.7. The Bertz CT molecular complexity index is 256. The highest BCUT2D eigenvalue weighted by atomic mass is 15.2. The number of nitrogens with two attached hydrogens (primary N) is 1. The van der Waals surface area contributed by atoms with E-state index in [9.17, 15) is 0 Å². The fourth-order valence-corrected chi connectivity index (χ4v) is 3.88. The zero-order chi connectivity index (χ0) is 13.2. The van der Waals surface area contributed by atoms with Gasteiger partial charge in [-0.3, -0.25) is 0 Å². The standard InChI is InChI=1S/C16H32N2/c1-4-16(3)7-9-18(10-8-16)15-11-13(2)5-6-14(15)12-17/h13-15H,4-12,17H2,1-3H3. The highest BCUT2D eigenvalue weighted by molar-refractivity contribution is 4.90. The summed E-state index contributed by atoms with van der Waals surface area (Å²) >= 11 is 0. The molecule has 1 aliphatic carbocycles. The van der Waals surface area contributed by atoms with Crippen molar-refractivity contribution in [3.8, 4) is 0 Å². The van der Waals surface area contributed by atoms with Gasteiger partial charge in [-0.1, -0.05) is 33.6 Å². The molecule has 0 aromatic carbocycles. The minimum atomic E-state index is 0.606. The van der Waals surface area contributed by atoms with E-state index < -0.39 is 0 Å². The average molecular weight is 252 g/mol. The molecule has 2 heteroatoms. The first kappa shape index (κ1) is 14.3. The second-order valence-corrected chi connectivity index (χ2v) is 7.18. The Morgan fingerprint density at radius 3 is 2.44 bits per heavy atom. The maximum absolute atomic E-state index is 6.00. The van der Waals surface area contributed by atoms with Crippen LogP contribution in [0.4, 0.5) is 0 Å². The van der Waals surface area contributed by atoms with E-state index in [2.05, 4.69) is 25.7 Å². The zero-order valence-corrected chi connectivity index (χ0v) is 12.6. The summed E-state index contributed by atoms with van der Waals surface area (Å²) < 4.78 is 0. The molecule has 2 fully saturated rings. The monoisotopic (exact) mass is 252 g/mol. The normalized spacial score (nSPS) is 37.7. The van der Waals surface area contributed by atoms with E-state index >= 15 is 0 Å². The Hall–Kier alpha value is -0.0800. The lowest BCUT2D eigenvalue weighted by molar-refractivity contribution is 0.0299. The third-order valence-corrected chi connectivity index (χ3v) is 5.85. The highest BCUT2D eigenvalue weighted by Gasteiger charge is 2.36. The van der Waals surface area contributed by atoms with Gasteiger partial charge in [0.25, 0.3) is 0 Å². The molecule has 0 aromatic rings. The quantitative estimate of drug-likeness (QED) is 0.835. The Morgan fingerprint density at radius 1 is 1.22 bits per heavy atom. The van der Waals surface area contributed by atoms with Crippen LogP contribution in [0.25, 0.3) is 0 Å². The second kappa shape index (κ2) is 5.92. The minimum absolute atomic E-state index is 0.606. The van der Waals surface area contributed by atoms with Crippen molar-refractivity contribution < 1.29 is 0 Å². The lowest BCUT2D eigenvalue weighted by atomic mass is 9.74. The van der Waals surface area contributed by atoms with E-state index in [0.29, 0.717) is 5.41 Å². The molecule has 0 radical (unpaired) electrons. The van der Waals surface area contributed by atoms with Gasteiger partial charge in [0.05, 0.1) is 0 Å². The summed E-state index contributed by atoms with van der Waals surface area (Å²) in [5, 5.41) is 0. The van der Waals surface area contributed by atoms with Crippen LogP contribution in [-0.4, -0.2) is 30.6 Å². The molecule has 1 aliphatic heterocycles. The molecular formula is C16H32N2. The molecule has 1 heterocycles. The van der Waals surface area contributed by atoms with Crippen LogP contribution < -0.4 is 5.73 Å². The second-order valence-electron chi connectivity index (χ2n) is 7.18. The molecule has 0 amide bonds. The predicted octanol–water partition coefficient (Wildman–Crippen LogP) is 3.26. The van der Waals surface area contributed by atoms with E-state index in [0.717, 1.165) is 24.4 Å². The van der Waals surface area contributed by atoms with Gasteiger partial charge in [0.15, 0.2) is 0 Å². The molecule has 3 unspecified atom stereocenters. The number of hydrogen-bond acceptors (Lipinski definition) is 2. The van der Waals surface area contributed by atoms with E-state index in [4.69, 9.17) is 5.73 Å². The largest absolute Gasteiger partial charge is 0.330 e. The van der Waals surface area contributed by atoms with Crippen LogP contribution in [-0.2, 0) is 0 Å². The Balaban J connectivity index is 1.94. The number of nitrogens with zero attached hydrogens (tertiary/aromatic N) is 1. The summed E-state index contributed by atoms with van der Waals surface area (Å²) in [7, 11) is 0. The molecule has 1 saturated carbocycles. The molecule has 1 saturated heterocycles. The molecule has 2 rings (SSSR count). The zero-order valence-electron chi connectivity index (χ0n) is 12.6. The summed E-state index contributed by atoms with van der Waals surface area (Å²) in [6.07, 6.45) is 8.22. The molecule has 2 N–H and O–H groups in total. The van der Waals surface area contributed by atoms with Crippen LogP contribution >= 0.6 is 0 Å². The number of rotatable bonds is 3. The molecule has 2 nitrogen and oxygen atoms in total. The van der Waals surface area contributed by atoms with Gasteiger partial charge in [-0.25, -0.2) is 0 Å². The van der Waals surface area contributed by atoms with Gasteiger partial charge >= 0.3 is 0 Å². The topological polar surface area (TPSA) is 29.3 Å². The summed E-state index contributed by atoms with van der Waals surface area (Å²) in [4.78, 5) is 2.77. The van der Waals surface area contributed by atoms with E-state index in [-0.39, 0.29) is 0 Å². The molecule has 3 atom stereocenters. The molecular weight excluding hydrogens is 220 g/mol. The Morgan fingerprint density at radius 2 is 1.89 bits per heavy atom. The fraction of sp³-hybridized carbons (Fsp3) is 1.00. The van der Waals surface area contributed by atoms with Crippen molar-refractivity contribution >= 4 is 0 Å². The third kappa shape index (κ3) is 3.08. The number of piperidine rings is 1. The van der Waals surface area contributed by atoms with Gasteiger partial charge in [0.2, 0.25) is 0 Å². The summed E-state index contributed by atoms with van der Waals surface area (Å²) in [6, 6.07) is 0.778. The van der Waals surface area contributed by atoms with Crippen molar-refractivity contribution in [2.24, 2.45) is 23.0 Å². The van der Waals surface area contributed by atoms with Gasteiger partial charge in [-0.05, 0) is 62.6 Å². The molecule has 106 valence electrons. The van der Waals surface area contributed by atoms with Gasteiger partial charge < -0.3 is 10.6 Å². The van der Waals surface area contributed by atoms with Crippen molar-refractivity contribution in [1.29, 1.82) is 0 Å². The van der Waals surface area contributed by atoms with Crippen LogP contribution in [0.2, 0.25) is 0 Å². The summed E-state index contributed by atoms with van der Waals surface area (Å²) in [5.41, 5.74) is 6.60. The van der Waals surface area contributed by atoms with Gasteiger partial charge in [-0.2, -0.15) is 0 Å². The maximum Gasteiger partial charge on any atom is 0.0138 e. The van der Waals surface area contributed by atoms with E-state index in [1.807, 2.05) is 0 Å².